The second-order valence-corrected chi connectivity index (χ2v) is 4.45. The molecule has 2 aromatic rings. The molecule has 88 valence electrons. The Morgan fingerprint density at radius 3 is 2.82 bits per heavy atom. The summed E-state index contributed by atoms with van der Waals surface area (Å²) in [6, 6.07) is 7.64. The Bertz CT molecular complexity index is 580. The Labute approximate surface area is 107 Å². The third-order valence-electron chi connectivity index (χ3n) is 2.37. The molecule has 0 atom stereocenters. The van der Waals surface area contributed by atoms with Gasteiger partial charge in [0.1, 0.15) is 5.82 Å². The fourth-order valence-electron chi connectivity index (χ4n) is 1.53. The molecule has 0 spiro atoms. The van der Waals surface area contributed by atoms with Crippen LogP contribution in [0.4, 0.5) is 0 Å². The highest BCUT2D eigenvalue weighted by molar-refractivity contribution is 9.10. The van der Waals surface area contributed by atoms with Gasteiger partial charge < -0.3 is 10.3 Å². The smallest absolute Gasteiger partial charge is 0.255 e. The minimum Gasteiger partial charge on any atom is -0.315 e. The minimum absolute atomic E-state index is 0.111. The summed E-state index contributed by atoms with van der Waals surface area (Å²) in [4.78, 5) is 18.8. The lowest BCUT2D eigenvalue weighted by Crippen LogP contribution is -2.19. The third-order valence-corrected chi connectivity index (χ3v) is 3.06. The summed E-state index contributed by atoms with van der Waals surface area (Å²) in [5.41, 5.74) is 1.39. The van der Waals surface area contributed by atoms with E-state index in [9.17, 15) is 4.79 Å². The van der Waals surface area contributed by atoms with Gasteiger partial charge in [0, 0.05) is 28.3 Å². The van der Waals surface area contributed by atoms with Crippen LogP contribution in [0.3, 0.4) is 0 Å². The molecule has 0 saturated carbocycles. The lowest BCUT2D eigenvalue weighted by molar-refractivity contribution is 0.798. The van der Waals surface area contributed by atoms with E-state index in [1.807, 2.05) is 24.3 Å². The van der Waals surface area contributed by atoms with E-state index in [0.717, 1.165) is 10.0 Å². The predicted octanol–water partition coefficient (Wildman–Crippen LogP) is 1.92. The first-order chi connectivity index (χ1) is 8.22. The van der Waals surface area contributed by atoms with Crippen molar-refractivity contribution in [2.75, 3.05) is 7.05 Å². The molecule has 0 aliphatic heterocycles. The predicted molar refractivity (Wildman–Crippen MR) is 70.8 cm³/mol. The number of hydrogen-bond donors (Lipinski definition) is 2. The molecule has 2 N–H and O–H groups in total. The van der Waals surface area contributed by atoms with Gasteiger partial charge in [0.15, 0.2) is 0 Å². The van der Waals surface area contributed by atoms with Crippen LogP contribution in [-0.4, -0.2) is 17.0 Å². The standard InChI is InChI=1S/C12H12BrN3O/c1-14-6-8-7-15-11(16-12(8)17)9-4-2-3-5-10(9)13/h2-5,7,14H,6H2,1H3,(H,15,16,17). The lowest BCUT2D eigenvalue weighted by Gasteiger charge is -2.04. The topological polar surface area (TPSA) is 57.8 Å². The largest absolute Gasteiger partial charge is 0.315 e. The highest BCUT2D eigenvalue weighted by Gasteiger charge is 2.06. The van der Waals surface area contributed by atoms with E-state index in [1.165, 1.54) is 0 Å². The van der Waals surface area contributed by atoms with Gasteiger partial charge in [-0.3, -0.25) is 4.79 Å². The van der Waals surface area contributed by atoms with E-state index in [2.05, 4.69) is 31.2 Å². The van der Waals surface area contributed by atoms with Gasteiger partial charge in [-0.05, 0) is 13.1 Å². The Kier molecular flexibility index (Phi) is 3.71. The number of benzene rings is 1. The molecule has 0 amide bonds. The van der Waals surface area contributed by atoms with E-state index in [0.29, 0.717) is 17.9 Å². The van der Waals surface area contributed by atoms with Crippen LogP contribution in [0, 0.1) is 0 Å². The zero-order chi connectivity index (χ0) is 12.3. The first kappa shape index (κ1) is 12.0. The van der Waals surface area contributed by atoms with Crippen LogP contribution >= 0.6 is 15.9 Å². The van der Waals surface area contributed by atoms with Crippen LogP contribution in [0.15, 0.2) is 39.7 Å². The molecule has 0 fully saturated rings. The Hall–Kier alpha value is -1.46. The van der Waals surface area contributed by atoms with Crippen LogP contribution in [-0.2, 0) is 6.54 Å². The van der Waals surface area contributed by atoms with Crippen LogP contribution in [0.25, 0.3) is 11.4 Å². The highest BCUT2D eigenvalue weighted by atomic mass is 79.9. The summed E-state index contributed by atoms with van der Waals surface area (Å²) in [6.07, 6.45) is 1.60. The minimum atomic E-state index is -0.111. The van der Waals surface area contributed by atoms with E-state index >= 15 is 0 Å². The van der Waals surface area contributed by atoms with Gasteiger partial charge in [-0.15, -0.1) is 0 Å². The number of nitrogens with one attached hydrogen (secondary N) is 2. The van der Waals surface area contributed by atoms with Crippen LogP contribution in [0.2, 0.25) is 0 Å². The van der Waals surface area contributed by atoms with E-state index in [1.54, 1.807) is 13.2 Å². The van der Waals surface area contributed by atoms with Crippen molar-refractivity contribution in [2.45, 2.75) is 6.54 Å². The van der Waals surface area contributed by atoms with Crippen molar-refractivity contribution < 1.29 is 0 Å². The SMILES string of the molecule is CNCc1cnc(-c2ccccc2Br)[nH]c1=O. The molecule has 0 saturated heterocycles. The Balaban J connectivity index is 2.45. The molecule has 1 heterocycles. The van der Waals surface area contributed by atoms with Crippen molar-refractivity contribution in [1.82, 2.24) is 15.3 Å². The number of aromatic nitrogens is 2. The number of nitrogens with zero attached hydrogens (tertiary/aromatic N) is 1. The second-order valence-electron chi connectivity index (χ2n) is 3.60. The highest BCUT2D eigenvalue weighted by Crippen LogP contribution is 2.23. The molecule has 0 radical (unpaired) electrons. The number of hydrogen-bond acceptors (Lipinski definition) is 3. The monoisotopic (exact) mass is 293 g/mol. The number of H-pyrrole nitrogens is 1. The Morgan fingerprint density at radius 2 is 2.18 bits per heavy atom. The number of halogens is 1. The normalized spacial score (nSPS) is 10.5. The van der Waals surface area contributed by atoms with E-state index < -0.39 is 0 Å². The third kappa shape index (κ3) is 2.62. The van der Waals surface area contributed by atoms with E-state index in [4.69, 9.17) is 0 Å². The van der Waals surface area contributed by atoms with Crippen molar-refractivity contribution in [2.24, 2.45) is 0 Å². The average Bonchev–Trinajstić information content (AvgIpc) is 2.33. The van der Waals surface area contributed by atoms with Crippen LogP contribution in [0.1, 0.15) is 5.56 Å². The molecule has 0 aliphatic rings. The van der Waals surface area contributed by atoms with Gasteiger partial charge in [-0.1, -0.05) is 34.1 Å². The summed E-state index contributed by atoms with van der Waals surface area (Å²) in [7, 11) is 1.79. The molecule has 17 heavy (non-hydrogen) atoms. The van der Waals surface area contributed by atoms with Crippen molar-refractivity contribution >= 4 is 15.9 Å². The van der Waals surface area contributed by atoms with Gasteiger partial charge in [0.25, 0.3) is 5.56 Å². The van der Waals surface area contributed by atoms with Crippen molar-refractivity contribution in [3.63, 3.8) is 0 Å². The fraction of sp³-hybridized carbons (Fsp3) is 0.167. The Morgan fingerprint density at radius 1 is 1.41 bits per heavy atom. The molecule has 4 nitrogen and oxygen atoms in total. The van der Waals surface area contributed by atoms with Crippen LogP contribution < -0.4 is 10.9 Å². The fourth-order valence-corrected chi connectivity index (χ4v) is 2.00. The summed E-state index contributed by atoms with van der Waals surface area (Å²) in [6.45, 7) is 0.512. The molecule has 5 heteroatoms. The average molecular weight is 294 g/mol. The summed E-state index contributed by atoms with van der Waals surface area (Å²) in [5, 5.41) is 2.93. The molecule has 1 aromatic carbocycles. The molecule has 0 unspecified atom stereocenters. The van der Waals surface area contributed by atoms with Crippen molar-refractivity contribution in [1.29, 1.82) is 0 Å². The van der Waals surface area contributed by atoms with Crippen LogP contribution in [0.5, 0.6) is 0 Å². The van der Waals surface area contributed by atoms with Crippen molar-refractivity contribution in [3.05, 3.63) is 50.9 Å². The zero-order valence-electron chi connectivity index (χ0n) is 9.33. The first-order valence-electron chi connectivity index (χ1n) is 5.20. The maximum Gasteiger partial charge on any atom is 0.255 e. The van der Waals surface area contributed by atoms with Gasteiger partial charge in [0.2, 0.25) is 0 Å². The summed E-state index contributed by atoms with van der Waals surface area (Å²) >= 11 is 3.43. The summed E-state index contributed by atoms with van der Waals surface area (Å²) in [5.74, 6) is 0.572. The van der Waals surface area contributed by atoms with E-state index in [-0.39, 0.29) is 5.56 Å². The first-order valence-corrected chi connectivity index (χ1v) is 5.99. The zero-order valence-corrected chi connectivity index (χ0v) is 10.9. The maximum atomic E-state index is 11.8. The summed E-state index contributed by atoms with van der Waals surface area (Å²) < 4.78 is 0.907. The van der Waals surface area contributed by atoms with Crippen molar-refractivity contribution in [3.8, 4) is 11.4 Å². The quantitative estimate of drug-likeness (QED) is 0.909. The molecular formula is C12H12BrN3O. The lowest BCUT2D eigenvalue weighted by atomic mass is 10.2. The molecule has 0 aliphatic carbocycles. The maximum absolute atomic E-state index is 11.8. The molecule has 2 rings (SSSR count). The van der Waals surface area contributed by atoms with Gasteiger partial charge >= 0.3 is 0 Å². The van der Waals surface area contributed by atoms with Gasteiger partial charge in [-0.25, -0.2) is 4.98 Å². The second kappa shape index (κ2) is 5.25. The molecule has 1 aromatic heterocycles. The number of rotatable bonds is 3. The van der Waals surface area contributed by atoms with Gasteiger partial charge in [-0.2, -0.15) is 0 Å². The molecule has 0 bridgehead atoms. The number of aromatic amines is 1. The molecular weight excluding hydrogens is 282 g/mol. The van der Waals surface area contributed by atoms with Gasteiger partial charge in [0.05, 0.1) is 0 Å².